The molecule has 0 amide bonds. The molecule has 0 aromatic heterocycles. The molecule has 1 N–H and O–H groups in total. The second-order valence-electron chi connectivity index (χ2n) is 4.43. The zero-order chi connectivity index (χ0) is 12.3. The van der Waals surface area contributed by atoms with Gasteiger partial charge in [0, 0.05) is 6.04 Å². The van der Waals surface area contributed by atoms with E-state index in [0.29, 0.717) is 11.8 Å². The van der Waals surface area contributed by atoms with Crippen LogP contribution in [0.1, 0.15) is 18.4 Å². The second kappa shape index (κ2) is 5.06. The van der Waals surface area contributed by atoms with Crippen LogP contribution in [0.3, 0.4) is 0 Å². The van der Waals surface area contributed by atoms with Gasteiger partial charge in [-0.05, 0) is 43.5 Å². The van der Waals surface area contributed by atoms with Gasteiger partial charge in [0.2, 0.25) is 0 Å². The Morgan fingerprint density at radius 2 is 2.06 bits per heavy atom. The van der Waals surface area contributed by atoms with Gasteiger partial charge in [0.1, 0.15) is 5.75 Å². The fourth-order valence-corrected chi connectivity index (χ4v) is 2.53. The van der Waals surface area contributed by atoms with E-state index >= 15 is 0 Å². The highest BCUT2D eigenvalue weighted by Gasteiger charge is 2.14. The molecule has 1 fully saturated rings. The summed E-state index contributed by atoms with van der Waals surface area (Å²) in [7, 11) is -3.42. The molecule has 1 aliphatic rings. The van der Waals surface area contributed by atoms with E-state index in [1.807, 2.05) is 12.1 Å². The highest BCUT2D eigenvalue weighted by atomic mass is 32.2. The molecule has 1 saturated heterocycles. The van der Waals surface area contributed by atoms with Crippen molar-refractivity contribution < 1.29 is 12.6 Å². The molecule has 94 valence electrons. The first kappa shape index (κ1) is 12.4. The second-order valence-corrected chi connectivity index (χ2v) is 6.00. The van der Waals surface area contributed by atoms with Gasteiger partial charge in [-0.3, -0.25) is 0 Å². The van der Waals surface area contributed by atoms with Gasteiger partial charge in [0.15, 0.2) is 0 Å². The molecule has 1 atom stereocenters. The molecule has 0 radical (unpaired) electrons. The predicted molar refractivity (Wildman–Crippen MR) is 66.6 cm³/mol. The van der Waals surface area contributed by atoms with Crippen LogP contribution in [0.2, 0.25) is 0 Å². The van der Waals surface area contributed by atoms with Gasteiger partial charge >= 0.3 is 10.1 Å². The summed E-state index contributed by atoms with van der Waals surface area (Å²) in [6, 6.07) is 7.79. The lowest BCUT2D eigenvalue weighted by Crippen LogP contribution is -2.23. The Morgan fingerprint density at radius 1 is 1.35 bits per heavy atom. The number of hydrogen-bond acceptors (Lipinski definition) is 4. The van der Waals surface area contributed by atoms with Gasteiger partial charge in [0.25, 0.3) is 0 Å². The quantitative estimate of drug-likeness (QED) is 0.824. The van der Waals surface area contributed by atoms with Crippen LogP contribution in [-0.2, 0) is 16.5 Å². The molecular formula is C12H17NO3S. The Bertz CT molecular complexity index is 461. The molecule has 2 rings (SSSR count). The molecule has 1 aromatic rings. The van der Waals surface area contributed by atoms with Crippen LogP contribution in [-0.4, -0.2) is 27.3 Å². The zero-order valence-corrected chi connectivity index (χ0v) is 10.7. The Labute approximate surface area is 102 Å². The molecule has 1 unspecified atom stereocenters. The topological polar surface area (TPSA) is 55.4 Å². The van der Waals surface area contributed by atoms with Crippen molar-refractivity contribution in [3.8, 4) is 5.75 Å². The van der Waals surface area contributed by atoms with Crippen LogP contribution in [0, 0.1) is 0 Å². The van der Waals surface area contributed by atoms with Gasteiger partial charge < -0.3 is 9.50 Å². The van der Waals surface area contributed by atoms with Crippen molar-refractivity contribution in [2.75, 3.05) is 12.8 Å². The highest BCUT2D eigenvalue weighted by molar-refractivity contribution is 7.86. The van der Waals surface area contributed by atoms with Crippen LogP contribution in [0.15, 0.2) is 24.3 Å². The van der Waals surface area contributed by atoms with E-state index in [0.717, 1.165) is 19.2 Å². The van der Waals surface area contributed by atoms with Crippen LogP contribution >= 0.6 is 0 Å². The minimum Gasteiger partial charge on any atom is -0.383 e. The average Bonchev–Trinajstić information content (AvgIpc) is 2.71. The number of benzene rings is 1. The first-order valence-corrected chi connectivity index (χ1v) is 7.56. The van der Waals surface area contributed by atoms with E-state index in [1.54, 1.807) is 12.1 Å². The van der Waals surface area contributed by atoms with Crippen LogP contribution < -0.4 is 9.50 Å². The van der Waals surface area contributed by atoms with Crippen molar-refractivity contribution in [1.29, 1.82) is 0 Å². The van der Waals surface area contributed by atoms with Gasteiger partial charge in [0.05, 0.1) is 6.26 Å². The molecule has 0 bridgehead atoms. The summed E-state index contributed by atoms with van der Waals surface area (Å²) in [4.78, 5) is 0. The molecular weight excluding hydrogens is 238 g/mol. The minimum absolute atomic E-state index is 0.371. The lowest BCUT2D eigenvalue weighted by Gasteiger charge is -2.10. The summed E-state index contributed by atoms with van der Waals surface area (Å²) >= 11 is 0. The minimum atomic E-state index is -3.42. The van der Waals surface area contributed by atoms with Crippen LogP contribution in [0.4, 0.5) is 0 Å². The SMILES string of the molecule is CS(=O)(=O)Oc1ccc(CC2CCCN2)cc1. The fraction of sp³-hybridized carbons (Fsp3) is 0.500. The zero-order valence-electron chi connectivity index (χ0n) is 9.85. The van der Waals surface area contributed by atoms with E-state index in [-0.39, 0.29) is 0 Å². The molecule has 0 spiro atoms. The largest absolute Gasteiger partial charge is 0.383 e. The molecule has 0 saturated carbocycles. The summed E-state index contributed by atoms with van der Waals surface area (Å²) < 4.78 is 26.6. The normalized spacial score (nSPS) is 20.4. The summed E-state index contributed by atoms with van der Waals surface area (Å²) in [5.41, 5.74) is 1.20. The maximum atomic E-state index is 10.9. The van der Waals surface area contributed by atoms with Gasteiger partial charge in [-0.1, -0.05) is 12.1 Å². The van der Waals surface area contributed by atoms with E-state index in [4.69, 9.17) is 4.18 Å². The third-order valence-corrected chi connectivity index (χ3v) is 3.31. The lowest BCUT2D eigenvalue weighted by atomic mass is 10.0. The summed E-state index contributed by atoms with van der Waals surface area (Å²) in [6.07, 6.45) is 4.48. The number of nitrogens with one attached hydrogen (secondary N) is 1. The molecule has 1 aliphatic heterocycles. The standard InChI is InChI=1S/C12H17NO3S/c1-17(14,15)16-12-6-4-10(5-7-12)9-11-3-2-8-13-11/h4-7,11,13H,2-3,8-9H2,1H3. The number of rotatable bonds is 4. The van der Waals surface area contributed by atoms with Crippen molar-refractivity contribution in [2.24, 2.45) is 0 Å². The summed E-state index contributed by atoms with van der Waals surface area (Å²) in [5, 5.41) is 3.43. The Kier molecular flexibility index (Phi) is 3.69. The Balaban J connectivity index is 1.97. The fourth-order valence-electron chi connectivity index (χ4n) is 2.07. The highest BCUT2D eigenvalue weighted by Crippen LogP contribution is 2.17. The first-order valence-electron chi connectivity index (χ1n) is 5.75. The van der Waals surface area contributed by atoms with Crippen LogP contribution in [0.5, 0.6) is 5.75 Å². The third-order valence-electron chi connectivity index (χ3n) is 2.82. The van der Waals surface area contributed by atoms with E-state index in [2.05, 4.69) is 5.32 Å². The van der Waals surface area contributed by atoms with Crippen molar-refractivity contribution >= 4 is 10.1 Å². The van der Waals surface area contributed by atoms with Gasteiger partial charge in [-0.2, -0.15) is 8.42 Å². The third kappa shape index (κ3) is 4.02. The van der Waals surface area contributed by atoms with Crippen LogP contribution in [0.25, 0.3) is 0 Å². The van der Waals surface area contributed by atoms with Gasteiger partial charge in [-0.15, -0.1) is 0 Å². The van der Waals surface area contributed by atoms with E-state index < -0.39 is 10.1 Å². The average molecular weight is 255 g/mol. The number of hydrogen-bond donors (Lipinski definition) is 1. The van der Waals surface area contributed by atoms with Crippen molar-refractivity contribution in [3.63, 3.8) is 0 Å². The molecule has 1 aromatic carbocycles. The van der Waals surface area contributed by atoms with E-state index in [1.165, 1.54) is 18.4 Å². The molecule has 4 nitrogen and oxygen atoms in total. The maximum Gasteiger partial charge on any atom is 0.306 e. The van der Waals surface area contributed by atoms with Gasteiger partial charge in [-0.25, -0.2) is 0 Å². The van der Waals surface area contributed by atoms with E-state index in [9.17, 15) is 8.42 Å². The lowest BCUT2D eigenvalue weighted by molar-refractivity contribution is 0.492. The van der Waals surface area contributed by atoms with Crippen molar-refractivity contribution in [1.82, 2.24) is 5.32 Å². The van der Waals surface area contributed by atoms with Crippen molar-refractivity contribution in [3.05, 3.63) is 29.8 Å². The van der Waals surface area contributed by atoms with Crippen molar-refractivity contribution in [2.45, 2.75) is 25.3 Å². The Morgan fingerprint density at radius 3 is 2.59 bits per heavy atom. The predicted octanol–water partition coefficient (Wildman–Crippen LogP) is 1.32. The summed E-state index contributed by atoms with van der Waals surface area (Å²) in [5.74, 6) is 0.371. The summed E-state index contributed by atoms with van der Waals surface area (Å²) in [6.45, 7) is 1.10. The smallest absolute Gasteiger partial charge is 0.306 e. The molecule has 17 heavy (non-hydrogen) atoms. The first-order chi connectivity index (χ1) is 8.03. The molecule has 1 heterocycles. The molecule has 5 heteroatoms. The molecule has 0 aliphatic carbocycles. The Hall–Kier alpha value is -1.07. The maximum absolute atomic E-state index is 10.9. The monoisotopic (exact) mass is 255 g/mol.